The fourth-order valence-corrected chi connectivity index (χ4v) is 0.709. The van der Waals surface area contributed by atoms with E-state index in [2.05, 4.69) is 10.1 Å². The lowest BCUT2D eigenvalue weighted by molar-refractivity contribution is 0.373. The van der Waals surface area contributed by atoms with Crippen LogP contribution in [0, 0.1) is 0 Å². The monoisotopic (exact) mass is 125 g/mol. The third-order valence-electron chi connectivity index (χ3n) is 1.26. The lowest BCUT2D eigenvalue weighted by Gasteiger charge is -1.91. The zero-order valence-electron chi connectivity index (χ0n) is 4.90. The van der Waals surface area contributed by atoms with Crippen molar-refractivity contribution >= 4 is 0 Å². The summed E-state index contributed by atoms with van der Waals surface area (Å²) in [5.74, 6) is 0. The van der Waals surface area contributed by atoms with Crippen molar-refractivity contribution in [2.75, 3.05) is 6.61 Å². The van der Waals surface area contributed by atoms with Gasteiger partial charge in [-0.2, -0.15) is 5.10 Å². The van der Waals surface area contributed by atoms with Crippen molar-refractivity contribution in [1.82, 2.24) is 14.8 Å². The molecule has 0 radical (unpaired) electrons. The standard InChI is InChI=1S/C5H7N3O/c1(5-2-9-5)8-4-6-3-7-8/h3-5H,1-2H2. The first kappa shape index (κ1) is 4.93. The average molecular weight is 125 g/mol. The van der Waals surface area contributed by atoms with Gasteiger partial charge in [-0.15, -0.1) is 0 Å². The summed E-state index contributed by atoms with van der Waals surface area (Å²) < 4.78 is 6.77. The molecule has 0 aliphatic carbocycles. The molecule has 0 saturated carbocycles. The van der Waals surface area contributed by atoms with E-state index in [4.69, 9.17) is 4.74 Å². The lowest BCUT2D eigenvalue weighted by Crippen LogP contribution is -2.03. The second-order valence-electron chi connectivity index (χ2n) is 2.07. The van der Waals surface area contributed by atoms with Crippen molar-refractivity contribution < 1.29 is 4.74 Å². The van der Waals surface area contributed by atoms with Crippen LogP contribution in [0.4, 0.5) is 0 Å². The van der Waals surface area contributed by atoms with E-state index < -0.39 is 0 Å². The molecule has 9 heavy (non-hydrogen) atoms. The Balaban J connectivity index is 1.99. The summed E-state index contributed by atoms with van der Waals surface area (Å²) in [6, 6.07) is 0. The molecule has 4 heteroatoms. The molecule has 2 heterocycles. The first-order valence-corrected chi connectivity index (χ1v) is 2.89. The molecule has 1 atom stereocenters. The molecule has 0 N–H and O–H groups in total. The maximum absolute atomic E-state index is 4.99. The Labute approximate surface area is 52.5 Å². The number of epoxide rings is 1. The fourth-order valence-electron chi connectivity index (χ4n) is 0.709. The number of nitrogens with zero attached hydrogens (tertiary/aromatic N) is 3. The van der Waals surface area contributed by atoms with Crippen molar-refractivity contribution in [2.45, 2.75) is 12.6 Å². The van der Waals surface area contributed by atoms with Crippen LogP contribution in [-0.4, -0.2) is 27.5 Å². The second kappa shape index (κ2) is 1.80. The highest BCUT2D eigenvalue weighted by molar-refractivity contribution is 4.69. The van der Waals surface area contributed by atoms with Gasteiger partial charge in [0, 0.05) is 0 Å². The zero-order valence-corrected chi connectivity index (χ0v) is 4.90. The Morgan fingerprint density at radius 1 is 1.78 bits per heavy atom. The van der Waals surface area contributed by atoms with Crippen molar-refractivity contribution in [3.05, 3.63) is 12.7 Å². The van der Waals surface area contributed by atoms with Crippen molar-refractivity contribution in [3.8, 4) is 0 Å². The van der Waals surface area contributed by atoms with E-state index in [1.54, 1.807) is 11.0 Å². The van der Waals surface area contributed by atoms with E-state index in [0.29, 0.717) is 6.10 Å². The molecule has 1 unspecified atom stereocenters. The van der Waals surface area contributed by atoms with Crippen molar-refractivity contribution in [2.24, 2.45) is 0 Å². The topological polar surface area (TPSA) is 43.2 Å². The van der Waals surface area contributed by atoms with Gasteiger partial charge in [-0.1, -0.05) is 0 Å². The highest BCUT2D eigenvalue weighted by Crippen LogP contribution is 2.09. The second-order valence-corrected chi connectivity index (χ2v) is 2.07. The predicted octanol–water partition coefficient (Wildman–Crippen LogP) is -0.323. The van der Waals surface area contributed by atoms with Crippen molar-refractivity contribution in [3.63, 3.8) is 0 Å². The molecular formula is C5H7N3O. The third kappa shape index (κ3) is 1.08. The van der Waals surface area contributed by atoms with Gasteiger partial charge >= 0.3 is 0 Å². The largest absolute Gasteiger partial charge is 0.371 e. The van der Waals surface area contributed by atoms with Gasteiger partial charge in [0.05, 0.1) is 13.2 Å². The normalized spacial score (nSPS) is 24.2. The Morgan fingerprint density at radius 2 is 2.67 bits per heavy atom. The fraction of sp³-hybridized carbons (Fsp3) is 0.600. The summed E-state index contributed by atoms with van der Waals surface area (Å²) >= 11 is 0. The summed E-state index contributed by atoms with van der Waals surface area (Å²) in [5.41, 5.74) is 0. The van der Waals surface area contributed by atoms with Gasteiger partial charge in [0.1, 0.15) is 18.8 Å². The van der Waals surface area contributed by atoms with Gasteiger partial charge in [0.25, 0.3) is 0 Å². The van der Waals surface area contributed by atoms with Crippen molar-refractivity contribution in [1.29, 1.82) is 0 Å². The van der Waals surface area contributed by atoms with Crippen LogP contribution in [0.3, 0.4) is 0 Å². The molecule has 4 nitrogen and oxygen atoms in total. The van der Waals surface area contributed by atoms with Crippen LogP contribution < -0.4 is 0 Å². The molecule has 0 bridgehead atoms. The molecule has 0 amide bonds. The summed E-state index contributed by atoms with van der Waals surface area (Å²) in [6.07, 6.45) is 3.62. The van der Waals surface area contributed by atoms with Crippen LogP contribution in [0.15, 0.2) is 12.7 Å². The lowest BCUT2D eigenvalue weighted by atomic mass is 10.5. The minimum atomic E-state index is 0.395. The maximum atomic E-state index is 4.99. The van der Waals surface area contributed by atoms with Gasteiger partial charge in [-0.3, -0.25) is 4.68 Å². The molecule has 1 aliphatic rings. The quantitative estimate of drug-likeness (QED) is 0.508. The van der Waals surface area contributed by atoms with E-state index in [0.717, 1.165) is 13.2 Å². The zero-order chi connectivity index (χ0) is 6.10. The van der Waals surface area contributed by atoms with E-state index in [1.165, 1.54) is 6.33 Å². The predicted molar refractivity (Wildman–Crippen MR) is 29.8 cm³/mol. The number of ether oxygens (including phenoxy) is 1. The minimum Gasteiger partial charge on any atom is -0.371 e. The van der Waals surface area contributed by atoms with Gasteiger partial charge in [-0.05, 0) is 0 Å². The van der Waals surface area contributed by atoms with E-state index >= 15 is 0 Å². The van der Waals surface area contributed by atoms with E-state index in [9.17, 15) is 0 Å². The van der Waals surface area contributed by atoms with Crippen LogP contribution in [0.5, 0.6) is 0 Å². The first-order chi connectivity index (χ1) is 4.45. The van der Waals surface area contributed by atoms with E-state index in [1.807, 2.05) is 0 Å². The van der Waals surface area contributed by atoms with Crippen LogP contribution in [0.25, 0.3) is 0 Å². The van der Waals surface area contributed by atoms with Gasteiger partial charge < -0.3 is 4.74 Å². The van der Waals surface area contributed by atoms with Gasteiger partial charge in [0.15, 0.2) is 0 Å². The van der Waals surface area contributed by atoms with Gasteiger partial charge in [0.2, 0.25) is 0 Å². The molecule has 1 aromatic heterocycles. The minimum absolute atomic E-state index is 0.395. The highest BCUT2D eigenvalue weighted by atomic mass is 16.6. The Kier molecular flexibility index (Phi) is 0.989. The molecule has 1 aliphatic heterocycles. The smallest absolute Gasteiger partial charge is 0.137 e. The summed E-state index contributed by atoms with van der Waals surface area (Å²) in [4.78, 5) is 3.80. The molecule has 0 spiro atoms. The Hall–Kier alpha value is -0.900. The number of hydrogen-bond acceptors (Lipinski definition) is 3. The molecule has 0 aromatic carbocycles. The molecule has 2 rings (SSSR count). The number of aromatic nitrogens is 3. The SMILES string of the molecule is c1ncn(CC2CO2)n1. The van der Waals surface area contributed by atoms with Gasteiger partial charge in [-0.25, -0.2) is 4.98 Å². The number of rotatable bonds is 2. The van der Waals surface area contributed by atoms with Crippen LogP contribution in [0.1, 0.15) is 0 Å². The number of hydrogen-bond donors (Lipinski definition) is 0. The van der Waals surface area contributed by atoms with Crippen LogP contribution in [0.2, 0.25) is 0 Å². The highest BCUT2D eigenvalue weighted by Gasteiger charge is 2.22. The molecule has 1 saturated heterocycles. The first-order valence-electron chi connectivity index (χ1n) is 2.89. The van der Waals surface area contributed by atoms with Crippen LogP contribution in [-0.2, 0) is 11.3 Å². The molecule has 1 aromatic rings. The molecule has 1 fully saturated rings. The summed E-state index contributed by atoms with van der Waals surface area (Å²) in [5, 5.41) is 3.92. The Bertz CT molecular complexity index is 180. The molecule has 48 valence electrons. The Morgan fingerprint density at radius 3 is 3.22 bits per heavy atom. The summed E-state index contributed by atoms with van der Waals surface area (Å²) in [6.45, 7) is 1.72. The average Bonchev–Trinajstić information content (AvgIpc) is 2.46. The molecular weight excluding hydrogens is 118 g/mol. The maximum Gasteiger partial charge on any atom is 0.137 e. The van der Waals surface area contributed by atoms with E-state index in [-0.39, 0.29) is 0 Å². The van der Waals surface area contributed by atoms with Crippen LogP contribution >= 0.6 is 0 Å². The summed E-state index contributed by atoms with van der Waals surface area (Å²) in [7, 11) is 0. The third-order valence-corrected chi connectivity index (χ3v) is 1.26.